The predicted octanol–water partition coefficient (Wildman–Crippen LogP) is 2.55. The molecule has 5 heteroatoms. The highest BCUT2D eigenvalue weighted by Crippen LogP contribution is 2.30. The molecule has 0 aliphatic carbocycles. The molecule has 0 N–H and O–H groups in total. The van der Waals surface area contributed by atoms with Crippen LogP contribution in [-0.4, -0.2) is 19.4 Å². The minimum absolute atomic E-state index is 0.623. The lowest BCUT2D eigenvalue weighted by atomic mass is 10.2. The zero-order valence-corrected chi connectivity index (χ0v) is 7.83. The molecule has 0 bridgehead atoms. The van der Waals surface area contributed by atoms with E-state index in [2.05, 4.69) is 4.99 Å². The van der Waals surface area contributed by atoms with Gasteiger partial charge in [-0.25, -0.2) is 0 Å². The molecule has 80 valence electrons. The lowest BCUT2D eigenvalue weighted by Crippen LogP contribution is -2.18. The Labute approximate surface area is 85.0 Å². The van der Waals surface area contributed by atoms with Gasteiger partial charge in [-0.15, -0.1) is 0 Å². The zero-order valence-electron chi connectivity index (χ0n) is 7.83. The summed E-state index contributed by atoms with van der Waals surface area (Å²) in [5, 5.41) is 0. The van der Waals surface area contributed by atoms with Gasteiger partial charge in [0.25, 0.3) is 0 Å². The van der Waals surface area contributed by atoms with Crippen LogP contribution in [0.3, 0.4) is 0 Å². The van der Waals surface area contributed by atoms with Crippen molar-refractivity contribution >= 4 is 12.0 Å². The van der Waals surface area contributed by atoms with Gasteiger partial charge in [0.1, 0.15) is 0 Å². The molecule has 0 saturated heterocycles. The summed E-state index contributed by atoms with van der Waals surface area (Å²) < 4.78 is 36.8. The summed E-state index contributed by atoms with van der Waals surface area (Å²) in [6, 6.07) is 5.09. The van der Waals surface area contributed by atoms with Crippen molar-refractivity contribution in [2.24, 2.45) is 4.99 Å². The SMILES string of the molecule is FC(F)(F)c1ccc(N2C=NCC2)cc1. The molecule has 0 atom stereocenters. The van der Waals surface area contributed by atoms with Crippen molar-refractivity contribution in [1.82, 2.24) is 0 Å². The van der Waals surface area contributed by atoms with Crippen molar-refractivity contribution in [1.29, 1.82) is 0 Å². The molecule has 2 rings (SSSR count). The number of halogens is 3. The Morgan fingerprint density at radius 3 is 2.27 bits per heavy atom. The van der Waals surface area contributed by atoms with Crippen LogP contribution in [0, 0.1) is 0 Å². The Hall–Kier alpha value is -1.52. The van der Waals surface area contributed by atoms with Crippen molar-refractivity contribution in [3.8, 4) is 0 Å². The van der Waals surface area contributed by atoms with Crippen LogP contribution in [0.5, 0.6) is 0 Å². The maximum Gasteiger partial charge on any atom is 0.416 e. The Morgan fingerprint density at radius 2 is 1.80 bits per heavy atom. The van der Waals surface area contributed by atoms with Crippen LogP contribution in [0.25, 0.3) is 0 Å². The molecule has 0 radical (unpaired) electrons. The number of hydrogen-bond acceptors (Lipinski definition) is 2. The van der Waals surface area contributed by atoms with Gasteiger partial charge in [0.15, 0.2) is 0 Å². The second-order valence-electron chi connectivity index (χ2n) is 3.26. The molecule has 0 fully saturated rings. The molecule has 1 aliphatic rings. The molecule has 2 nitrogen and oxygen atoms in total. The summed E-state index contributed by atoms with van der Waals surface area (Å²) >= 11 is 0. The lowest BCUT2D eigenvalue weighted by molar-refractivity contribution is -0.137. The predicted molar refractivity (Wildman–Crippen MR) is 52.1 cm³/mol. The number of rotatable bonds is 1. The van der Waals surface area contributed by atoms with Crippen LogP contribution in [0.4, 0.5) is 18.9 Å². The zero-order chi connectivity index (χ0) is 10.9. The molecule has 0 unspecified atom stereocenters. The van der Waals surface area contributed by atoms with Gasteiger partial charge in [-0.05, 0) is 24.3 Å². The first-order chi connectivity index (χ1) is 7.07. The number of aliphatic imine (C=N–C) groups is 1. The third-order valence-corrected chi connectivity index (χ3v) is 2.22. The fraction of sp³-hybridized carbons (Fsp3) is 0.300. The molecule has 1 aromatic carbocycles. The molecule has 0 aromatic heterocycles. The highest BCUT2D eigenvalue weighted by Gasteiger charge is 2.30. The molecular formula is C10H9F3N2. The number of nitrogens with zero attached hydrogens (tertiary/aromatic N) is 2. The molecular weight excluding hydrogens is 205 g/mol. The van der Waals surface area contributed by atoms with Crippen LogP contribution in [0.15, 0.2) is 29.3 Å². The van der Waals surface area contributed by atoms with Crippen molar-refractivity contribution in [2.75, 3.05) is 18.0 Å². The van der Waals surface area contributed by atoms with Crippen molar-refractivity contribution in [3.63, 3.8) is 0 Å². The molecule has 1 aromatic rings. The molecule has 0 amide bonds. The number of alkyl halides is 3. The largest absolute Gasteiger partial charge is 0.416 e. The highest BCUT2D eigenvalue weighted by molar-refractivity contribution is 5.80. The molecule has 0 saturated carbocycles. The Bertz CT molecular complexity index is 367. The maximum absolute atomic E-state index is 12.3. The standard InChI is InChI=1S/C10H9F3N2/c11-10(12,13)8-1-3-9(4-2-8)15-6-5-14-7-15/h1-4,7H,5-6H2. The summed E-state index contributed by atoms with van der Waals surface area (Å²) in [7, 11) is 0. The fourth-order valence-electron chi connectivity index (χ4n) is 1.42. The van der Waals surface area contributed by atoms with E-state index in [1.54, 1.807) is 6.34 Å². The van der Waals surface area contributed by atoms with Gasteiger partial charge in [-0.3, -0.25) is 4.99 Å². The number of benzene rings is 1. The van der Waals surface area contributed by atoms with E-state index in [9.17, 15) is 13.2 Å². The fourth-order valence-corrected chi connectivity index (χ4v) is 1.42. The maximum atomic E-state index is 12.3. The van der Waals surface area contributed by atoms with Crippen LogP contribution < -0.4 is 4.90 Å². The van der Waals surface area contributed by atoms with Crippen LogP contribution in [0.1, 0.15) is 5.56 Å². The van der Waals surface area contributed by atoms with Crippen LogP contribution in [-0.2, 0) is 6.18 Å². The quantitative estimate of drug-likeness (QED) is 0.701. The van der Waals surface area contributed by atoms with Gasteiger partial charge >= 0.3 is 6.18 Å². The third kappa shape index (κ3) is 2.11. The topological polar surface area (TPSA) is 15.6 Å². The van der Waals surface area contributed by atoms with Gasteiger partial charge < -0.3 is 4.90 Å². The Morgan fingerprint density at radius 1 is 1.13 bits per heavy atom. The average molecular weight is 214 g/mol. The molecule has 1 heterocycles. The summed E-state index contributed by atoms with van der Waals surface area (Å²) in [5.41, 5.74) is 0.117. The van der Waals surface area contributed by atoms with Gasteiger partial charge in [-0.1, -0.05) is 0 Å². The Balaban J connectivity index is 2.20. The summed E-state index contributed by atoms with van der Waals surface area (Å²) in [4.78, 5) is 5.81. The lowest BCUT2D eigenvalue weighted by Gasteiger charge is -2.14. The van der Waals surface area contributed by atoms with Gasteiger partial charge in [0, 0.05) is 12.2 Å². The van der Waals surface area contributed by atoms with Gasteiger partial charge in [0.2, 0.25) is 0 Å². The monoisotopic (exact) mass is 214 g/mol. The smallest absolute Gasteiger partial charge is 0.331 e. The average Bonchev–Trinajstić information content (AvgIpc) is 2.69. The second kappa shape index (κ2) is 3.56. The van der Waals surface area contributed by atoms with E-state index in [1.165, 1.54) is 12.1 Å². The van der Waals surface area contributed by atoms with Crippen molar-refractivity contribution in [2.45, 2.75) is 6.18 Å². The summed E-state index contributed by atoms with van der Waals surface area (Å²) in [6.07, 6.45) is -2.62. The van der Waals surface area contributed by atoms with E-state index in [0.717, 1.165) is 24.4 Å². The highest BCUT2D eigenvalue weighted by atomic mass is 19.4. The van der Waals surface area contributed by atoms with Crippen molar-refractivity contribution in [3.05, 3.63) is 29.8 Å². The number of hydrogen-bond donors (Lipinski definition) is 0. The van der Waals surface area contributed by atoms with E-state index in [4.69, 9.17) is 0 Å². The van der Waals surface area contributed by atoms with E-state index < -0.39 is 11.7 Å². The van der Waals surface area contributed by atoms with Crippen molar-refractivity contribution < 1.29 is 13.2 Å². The normalized spacial score (nSPS) is 16.1. The van der Waals surface area contributed by atoms with Crippen LogP contribution >= 0.6 is 0 Å². The van der Waals surface area contributed by atoms with E-state index in [0.29, 0.717) is 6.54 Å². The first kappa shape index (κ1) is 10.0. The third-order valence-electron chi connectivity index (χ3n) is 2.22. The minimum Gasteiger partial charge on any atom is -0.331 e. The number of anilines is 1. The molecule has 15 heavy (non-hydrogen) atoms. The Kier molecular flexibility index (Phi) is 2.38. The van der Waals surface area contributed by atoms with E-state index in [-0.39, 0.29) is 0 Å². The van der Waals surface area contributed by atoms with E-state index in [1.807, 2.05) is 4.90 Å². The first-order valence-corrected chi connectivity index (χ1v) is 4.51. The second-order valence-corrected chi connectivity index (χ2v) is 3.26. The molecule has 1 aliphatic heterocycles. The first-order valence-electron chi connectivity index (χ1n) is 4.51. The minimum atomic E-state index is -4.27. The molecule has 0 spiro atoms. The van der Waals surface area contributed by atoms with Gasteiger partial charge in [-0.2, -0.15) is 13.2 Å². The van der Waals surface area contributed by atoms with Crippen LogP contribution in [0.2, 0.25) is 0 Å². The summed E-state index contributed by atoms with van der Waals surface area (Å²) in [5.74, 6) is 0. The summed E-state index contributed by atoms with van der Waals surface area (Å²) in [6.45, 7) is 1.42. The van der Waals surface area contributed by atoms with E-state index >= 15 is 0 Å². The van der Waals surface area contributed by atoms with Gasteiger partial charge in [0.05, 0.1) is 18.4 Å².